The number of nitrogens with zero attached hydrogens (tertiary/aromatic N) is 2. The molecule has 0 aliphatic carbocycles. The number of hydrogen-bond donors (Lipinski definition) is 1. The first-order chi connectivity index (χ1) is 12.4. The summed E-state index contributed by atoms with van der Waals surface area (Å²) in [5.74, 6) is -10.9. The predicted molar refractivity (Wildman–Crippen MR) is 87.9 cm³/mol. The van der Waals surface area contributed by atoms with Gasteiger partial charge in [0.1, 0.15) is 6.61 Å². The van der Waals surface area contributed by atoms with E-state index < -0.39 is 23.5 Å². The lowest BCUT2D eigenvalue weighted by atomic mass is 9.92. The number of aliphatic hydroxyl groups is 1. The fourth-order valence-electron chi connectivity index (χ4n) is 2.90. The molecule has 0 bridgehead atoms. The highest BCUT2D eigenvalue weighted by Crippen LogP contribution is 2.50. The summed E-state index contributed by atoms with van der Waals surface area (Å²) in [7, 11) is 1.59. The fourth-order valence-corrected chi connectivity index (χ4v) is 2.90. The molecule has 0 amide bonds. The van der Waals surface area contributed by atoms with Crippen LogP contribution in [0.4, 0.5) is 32.0 Å². The summed E-state index contributed by atoms with van der Waals surface area (Å²) in [6.45, 7) is 4.03. The van der Waals surface area contributed by atoms with Crippen LogP contribution in [0.3, 0.4) is 0 Å². The van der Waals surface area contributed by atoms with Crippen LogP contribution in [0.25, 0.3) is 0 Å². The number of anilines is 1. The second-order valence-corrected chi connectivity index (χ2v) is 6.12. The Morgan fingerprint density at radius 2 is 1.59 bits per heavy atom. The molecule has 0 saturated heterocycles. The van der Waals surface area contributed by atoms with Gasteiger partial charge in [-0.3, -0.25) is 4.90 Å². The molecule has 1 aromatic rings. The topological polar surface area (TPSA) is 45.1 Å². The van der Waals surface area contributed by atoms with Crippen LogP contribution in [0.5, 0.6) is 0 Å². The van der Waals surface area contributed by atoms with Crippen molar-refractivity contribution in [1.82, 2.24) is 0 Å². The summed E-state index contributed by atoms with van der Waals surface area (Å²) in [5.41, 5.74) is -0.287. The van der Waals surface area contributed by atoms with E-state index in [-0.39, 0.29) is 30.0 Å². The van der Waals surface area contributed by atoms with E-state index >= 15 is 0 Å². The predicted octanol–water partition coefficient (Wildman–Crippen LogP) is 3.95. The van der Waals surface area contributed by atoms with Gasteiger partial charge < -0.3 is 9.84 Å². The minimum Gasteiger partial charge on any atom is -0.463 e. The van der Waals surface area contributed by atoms with Crippen LogP contribution >= 0.6 is 0 Å². The Bertz CT molecular complexity index is 706. The molecular weight excluding hydrogens is 378 g/mol. The van der Waals surface area contributed by atoms with Gasteiger partial charge >= 0.3 is 18.0 Å². The molecule has 10 heteroatoms. The van der Waals surface area contributed by atoms with Crippen LogP contribution in [0, 0.1) is 0 Å². The maximum Gasteiger partial charge on any atom is 0.455 e. The molecule has 0 fully saturated rings. The molecule has 1 heterocycles. The summed E-state index contributed by atoms with van der Waals surface area (Å²) < 4.78 is 85.5. The molecule has 152 valence electrons. The van der Waals surface area contributed by atoms with Crippen molar-refractivity contribution in [2.24, 2.45) is 4.99 Å². The maximum atomic E-state index is 14.3. The number of rotatable bonds is 5. The average Bonchev–Trinajstić information content (AvgIpc) is 3.13. The van der Waals surface area contributed by atoms with E-state index in [1.165, 1.54) is 4.90 Å². The lowest BCUT2D eigenvalue weighted by Crippen LogP contribution is -2.53. The van der Waals surface area contributed by atoms with E-state index in [4.69, 9.17) is 9.84 Å². The van der Waals surface area contributed by atoms with Crippen LogP contribution < -0.4 is 4.90 Å². The molecule has 0 aromatic heterocycles. The molecule has 1 N–H and O–H groups in total. The monoisotopic (exact) mass is 398 g/mol. The van der Waals surface area contributed by atoms with Gasteiger partial charge in [-0.2, -0.15) is 26.3 Å². The van der Waals surface area contributed by atoms with Gasteiger partial charge in [-0.15, -0.1) is 0 Å². The molecule has 27 heavy (non-hydrogen) atoms. The van der Waals surface area contributed by atoms with Crippen molar-refractivity contribution in [2.45, 2.75) is 44.6 Å². The minimum atomic E-state index is -6.16. The highest BCUT2D eigenvalue weighted by atomic mass is 19.4. The summed E-state index contributed by atoms with van der Waals surface area (Å²) in [5, 5.41) is 8.92. The SMILES string of the molecule is CCc1cc(C(F)(F)C(O)(F)C(F)(F)F)cc(CC)c1N(C)C1=NCCO1. The Balaban J connectivity index is 2.61. The van der Waals surface area contributed by atoms with E-state index in [0.717, 1.165) is 12.1 Å². The van der Waals surface area contributed by atoms with Gasteiger partial charge in [0.2, 0.25) is 0 Å². The third-order valence-corrected chi connectivity index (χ3v) is 4.38. The highest BCUT2D eigenvalue weighted by Gasteiger charge is 2.71. The number of aliphatic imine (C=N–C) groups is 1. The van der Waals surface area contributed by atoms with Gasteiger partial charge in [0.25, 0.3) is 6.02 Å². The van der Waals surface area contributed by atoms with E-state index in [2.05, 4.69) is 4.99 Å². The Hall–Kier alpha value is -1.97. The Kier molecular flexibility index (Phi) is 5.70. The first-order valence-corrected chi connectivity index (χ1v) is 8.31. The lowest BCUT2D eigenvalue weighted by Gasteiger charge is -2.32. The number of amidine groups is 1. The van der Waals surface area contributed by atoms with Crippen LogP contribution in [-0.2, 0) is 23.5 Å². The summed E-state index contributed by atoms with van der Waals surface area (Å²) in [6, 6.07) is 1.81. The van der Waals surface area contributed by atoms with Crippen molar-refractivity contribution in [3.63, 3.8) is 0 Å². The molecule has 0 saturated carbocycles. The normalized spacial score (nSPS) is 17.3. The van der Waals surface area contributed by atoms with Gasteiger partial charge in [-0.05, 0) is 36.1 Å². The van der Waals surface area contributed by atoms with Gasteiger partial charge in [-0.1, -0.05) is 13.8 Å². The average molecular weight is 398 g/mol. The van der Waals surface area contributed by atoms with Crippen molar-refractivity contribution >= 4 is 11.7 Å². The molecule has 0 spiro atoms. The fraction of sp³-hybridized carbons (Fsp3) is 0.588. The van der Waals surface area contributed by atoms with E-state index in [1.54, 1.807) is 20.9 Å². The Morgan fingerprint density at radius 1 is 1.07 bits per heavy atom. The Labute approximate surface area is 152 Å². The van der Waals surface area contributed by atoms with Gasteiger partial charge in [0.15, 0.2) is 0 Å². The van der Waals surface area contributed by atoms with Crippen LogP contribution in [0.1, 0.15) is 30.5 Å². The first-order valence-electron chi connectivity index (χ1n) is 8.31. The third-order valence-electron chi connectivity index (χ3n) is 4.38. The molecule has 1 aliphatic heterocycles. The van der Waals surface area contributed by atoms with E-state index in [0.29, 0.717) is 18.8 Å². The number of hydrogen-bond acceptors (Lipinski definition) is 4. The quantitative estimate of drug-likeness (QED) is 0.765. The zero-order valence-corrected chi connectivity index (χ0v) is 15.0. The molecule has 1 aromatic carbocycles. The van der Waals surface area contributed by atoms with Crippen molar-refractivity contribution < 1.29 is 36.2 Å². The highest BCUT2D eigenvalue weighted by molar-refractivity contribution is 5.93. The van der Waals surface area contributed by atoms with Crippen molar-refractivity contribution in [3.8, 4) is 0 Å². The zero-order valence-electron chi connectivity index (χ0n) is 15.0. The number of aryl methyl sites for hydroxylation is 2. The third kappa shape index (κ3) is 3.59. The second kappa shape index (κ2) is 7.21. The zero-order chi connectivity index (χ0) is 20.6. The largest absolute Gasteiger partial charge is 0.463 e. The standard InChI is InChI=1S/C17H20F6N2O2/c1-4-10-8-12(15(18,19)16(20,26)17(21,22)23)9-11(5-2)13(10)25(3)14-24-6-7-27-14/h8-9,26H,4-7H2,1-3H3. The molecule has 1 aliphatic rings. The molecule has 1 atom stereocenters. The molecule has 0 radical (unpaired) electrons. The van der Waals surface area contributed by atoms with Crippen molar-refractivity contribution in [3.05, 3.63) is 28.8 Å². The molecule has 4 nitrogen and oxygen atoms in total. The smallest absolute Gasteiger partial charge is 0.455 e. The van der Waals surface area contributed by atoms with Crippen molar-refractivity contribution in [2.75, 3.05) is 25.1 Å². The number of ether oxygens (including phenoxy) is 1. The number of halogens is 6. The number of benzene rings is 1. The molecular formula is C17H20F6N2O2. The van der Waals surface area contributed by atoms with E-state index in [9.17, 15) is 26.3 Å². The van der Waals surface area contributed by atoms with Crippen LogP contribution in [-0.4, -0.2) is 43.4 Å². The summed E-state index contributed by atoms with van der Waals surface area (Å²) in [4.78, 5) is 5.65. The Morgan fingerprint density at radius 3 is 1.96 bits per heavy atom. The molecule has 1 unspecified atom stereocenters. The summed E-state index contributed by atoms with van der Waals surface area (Å²) in [6.07, 6.45) is -5.79. The van der Waals surface area contributed by atoms with Crippen LogP contribution in [0.2, 0.25) is 0 Å². The minimum absolute atomic E-state index is 0.181. The van der Waals surface area contributed by atoms with Gasteiger partial charge in [0.05, 0.1) is 12.2 Å². The first kappa shape index (κ1) is 21.3. The van der Waals surface area contributed by atoms with Gasteiger partial charge in [-0.25, -0.2) is 4.99 Å². The summed E-state index contributed by atoms with van der Waals surface area (Å²) >= 11 is 0. The van der Waals surface area contributed by atoms with Gasteiger partial charge in [0, 0.05) is 12.6 Å². The molecule has 2 rings (SSSR count). The number of alkyl halides is 6. The second-order valence-electron chi connectivity index (χ2n) is 6.12. The van der Waals surface area contributed by atoms with E-state index in [1.807, 2.05) is 0 Å². The lowest BCUT2D eigenvalue weighted by molar-refractivity contribution is -0.390. The van der Waals surface area contributed by atoms with Crippen molar-refractivity contribution in [1.29, 1.82) is 0 Å². The maximum absolute atomic E-state index is 14.3. The van der Waals surface area contributed by atoms with Crippen LogP contribution in [0.15, 0.2) is 17.1 Å².